The first-order chi connectivity index (χ1) is 8.41. The molecule has 1 atom stereocenters. The van der Waals surface area contributed by atoms with Crippen molar-refractivity contribution in [1.82, 2.24) is 15.0 Å². The lowest BCUT2D eigenvalue weighted by atomic mass is 10.1. The van der Waals surface area contributed by atoms with Crippen molar-refractivity contribution in [3.8, 4) is 5.69 Å². The van der Waals surface area contributed by atoms with Gasteiger partial charge in [-0.15, -0.1) is 5.10 Å². The lowest BCUT2D eigenvalue weighted by Crippen LogP contribution is -2.08. The molecule has 0 radical (unpaired) electrons. The summed E-state index contributed by atoms with van der Waals surface area (Å²) in [4.78, 5) is 0. The molecule has 0 saturated heterocycles. The van der Waals surface area contributed by atoms with Crippen LogP contribution in [0.5, 0.6) is 0 Å². The molecular weight excluding hydrogens is 292 g/mol. The Morgan fingerprint density at radius 3 is 2.22 bits per heavy atom. The van der Waals surface area contributed by atoms with E-state index in [1.54, 1.807) is 0 Å². The van der Waals surface area contributed by atoms with Gasteiger partial charge in [0.15, 0.2) is 0 Å². The molecule has 5 heteroatoms. The summed E-state index contributed by atoms with van der Waals surface area (Å²) in [7, 11) is 0. The van der Waals surface area contributed by atoms with Crippen LogP contribution in [-0.4, -0.2) is 15.0 Å². The molecule has 0 aliphatic carbocycles. The van der Waals surface area contributed by atoms with Gasteiger partial charge in [0, 0.05) is 10.5 Å². The largest absolute Gasteiger partial charge is 0.323 e. The van der Waals surface area contributed by atoms with Crippen molar-refractivity contribution in [2.75, 3.05) is 0 Å². The smallest absolute Gasteiger partial charge is 0.102 e. The van der Waals surface area contributed by atoms with Crippen LogP contribution in [-0.2, 0) is 0 Å². The van der Waals surface area contributed by atoms with Crippen LogP contribution >= 0.6 is 15.9 Å². The minimum absolute atomic E-state index is 0.101. The number of nitrogens with zero attached hydrogens (tertiary/aromatic N) is 3. The maximum absolute atomic E-state index is 5.87. The van der Waals surface area contributed by atoms with Crippen LogP contribution in [0.2, 0.25) is 0 Å². The van der Waals surface area contributed by atoms with Gasteiger partial charge in [-0.1, -0.05) is 21.1 Å². The van der Waals surface area contributed by atoms with Crippen molar-refractivity contribution in [2.24, 2.45) is 5.73 Å². The molecular formula is C13H17BrN4. The number of hydrogen-bond donors (Lipinski definition) is 1. The highest BCUT2D eigenvalue weighted by Gasteiger charge is 2.14. The highest BCUT2D eigenvalue weighted by molar-refractivity contribution is 9.10. The number of rotatable bonds is 2. The van der Waals surface area contributed by atoms with Crippen molar-refractivity contribution in [1.29, 1.82) is 0 Å². The van der Waals surface area contributed by atoms with Gasteiger partial charge in [0.25, 0.3) is 0 Å². The first-order valence-corrected chi connectivity index (χ1v) is 6.66. The molecule has 0 bridgehead atoms. The Morgan fingerprint density at radius 1 is 1.22 bits per heavy atom. The highest BCUT2D eigenvalue weighted by atomic mass is 79.9. The van der Waals surface area contributed by atoms with Gasteiger partial charge in [-0.05, 0) is 51.0 Å². The fourth-order valence-corrected chi connectivity index (χ4v) is 2.28. The fourth-order valence-electron chi connectivity index (χ4n) is 2.05. The minimum atomic E-state index is -0.101. The quantitative estimate of drug-likeness (QED) is 0.928. The monoisotopic (exact) mass is 308 g/mol. The van der Waals surface area contributed by atoms with E-state index in [1.165, 1.54) is 11.1 Å². The Balaban J connectivity index is 2.56. The third-order valence-electron chi connectivity index (χ3n) is 3.03. The molecule has 1 aromatic heterocycles. The van der Waals surface area contributed by atoms with Crippen molar-refractivity contribution in [3.05, 3.63) is 39.1 Å². The second-order valence-corrected chi connectivity index (χ2v) is 5.45. The van der Waals surface area contributed by atoms with Crippen molar-refractivity contribution < 1.29 is 0 Å². The highest BCUT2D eigenvalue weighted by Crippen LogP contribution is 2.25. The van der Waals surface area contributed by atoms with Gasteiger partial charge in [-0.25, -0.2) is 4.68 Å². The average molecular weight is 309 g/mol. The predicted molar refractivity (Wildman–Crippen MR) is 75.9 cm³/mol. The fraction of sp³-hybridized carbons (Fsp3) is 0.385. The van der Waals surface area contributed by atoms with Gasteiger partial charge in [0.2, 0.25) is 0 Å². The third kappa shape index (κ3) is 2.20. The van der Waals surface area contributed by atoms with Gasteiger partial charge in [0.05, 0.1) is 11.4 Å². The normalized spacial score (nSPS) is 12.8. The van der Waals surface area contributed by atoms with Gasteiger partial charge in [-0.2, -0.15) is 0 Å². The van der Waals surface area contributed by atoms with E-state index in [1.807, 2.05) is 18.5 Å². The number of halogens is 1. The molecule has 2 N–H and O–H groups in total. The summed E-state index contributed by atoms with van der Waals surface area (Å²) in [6, 6.07) is 4.07. The van der Waals surface area contributed by atoms with E-state index < -0.39 is 0 Å². The summed E-state index contributed by atoms with van der Waals surface area (Å²) in [5.74, 6) is 0. The Morgan fingerprint density at radius 2 is 1.78 bits per heavy atom. The molecule has 1 heterocycles. The zero-order valence-electron chi connectivity index (χ0n) is 11.0. The van der Waals surface area contributed by atoms with E-state index in [2.05, 4.69) is 52.2 Å². The molecule has 96 valence electrons. The van der Waals surface area contributed by atoms with Gasteiger partial charge in [0.1, 0.15) is 5.69 Å². The minimum Gasteiger partial charge on any atom is -0.323 e. The van der Waals surface area contributed by atoms with E-state index >= 15 is 0 Å². The van der Waals surface area contributed by atoms with Gasteiger partial charge in [-0.3, -0.25) is 0 Å². The Hall–Kier alpha value is -1.20. The zero-order valence-corrected chi connectivity index (χ0v) is 12.6. The van der Waals surface area contributed by atoms with Crippen molar-refractivity contribution >= 4 is 15.9 Å². The number of aryl methyl sites for hydroxylation is 2. The second-order valence-electron chi connectivity index (χ2n) is 4.65. The molecule has 2 rings (SSSR count). The van der Waals surface area contributed by atoms with E-state index in [-0.39, 0.29) is 6.04 Å². The molecule has 0 aliphatic heterocycles. The number of hydrogen-bond acceptors (Lipinski definition) is 3. The van der Waals surface area contributed by atoms with Crippen LogP contribution in [0.3, 0.4) is 0 Å². The number of benzene rings is 1. The molecule has 1 unspecified atom stereocenters. The summed E-state index contributed by atoms with van der Waals surface area (Å²) in [6.07, 6.45) is 0. The number of nitrogens with two attached hydrogens (primary N) is 1. The number of aromatic nitrogens is 3. The van der Waals surface area contributed by atoms with Crippen molar-refractivity contribution in [2.45, 2.75) is 33.7 Å². The standard InChI is InChI=1S/C13H17BrN4/c1-7-5-11(6-8(2)12(7)14)18-10(4)13(9(3)15)16-17-18/h5-6,9H,15H2,1-4H3. The van der Waals surface area contributed by atoms with Crippen molar-refractivity contribution in [3.63, 3.8) is 0 Å². The molecule has 0 amide bonds. The summed E-state index contributed by atoms with van der Waals surface area (Å²) in [5.41, 5.74) is 11.1. The lowest BCUT2D eigenvalue weighted by Gasteiger charge is -2.09. The molecule has 4 nitrogen and oxygen atoms in total. The predicted octanol–water partition coefficient (Wildman–Crippen LogP) is 2.97. The van der Waals surface area contributed by atoms with E-state index in [4.69, 9.17) is 5.73 Å². The molecule has 0 spiro atoms. The first kappa shape index (κ1) is 13.2. The Bertz CT molecular complexity index is 564. The molecule has 2 aromatic rings. The van der Waals surface area contributed by atoms with E-state index in [9.17, 15) is 0 Å². The summed E-state index contributed by atoms with van der Waals surface area (Å²) < 4.78 is 2.97. The molecule has 0 saturated carbocycles. The molecule has 0 fully saturated rings. The Labute approximate surface area is 115 Å². The van der Waals surface area contributed by atoms with Crippen LogP contribution in [0.25, 0.3) is 5.69 Å². The van der Waals surface area contributed by atoms with Crippen LogP contribution < -0.4 is 5.73 Å². The van der Waals surface area contributed by atoms with Crippen LogP contribution in [0, 0.1) is 20.8 Å². The van der Waals surface area contributed by atoms with Gasteiger partial charge < -0.3 is 5.73 Å². The van der Waals surface area contributed by atoms with Crippen LogP contribution in [0.1, 0.15) is 35.5 Å². The summed E-state index contributed by atoms with van der Waals surface area (Å²) >= 11 is 3.57. The molecule has 18 heavy (non-hydrogen) atoms. The van der Waals surface area contributed by atoms with Crippen LogP contribution in [0.15, 0.2) is 16.6 Å². The molecule has 1 aromatic carbocycles. The molecule has 0 aliphatic rings. The maximum atomic E-state index is 5.87. The third-order valence-corrected chi connectivity index (χ3v) is 4.28. The van der Waals surface area contributed by atoms with Gasteiger partial charge >= 0.3 is 0 Å². The van der Waals surface area contributed by atoms with Crippen LogP contribution in [0.4, 0.5) is 0 Å². The Kier molecular flexibility index (Phi) is 3.54. The second kappa shape index (κ2) is 4.82. The zero-order chi connectivity index (χ0) is 13.4. The summed E-state index contributed by atoms with van der Waals surface area (Å²) in [5, 5.41) is 8.34. The lowest BCUT2D eigenvalue weighted by molar-refractivity contribution is 0.756. The topological polar surface area (TPSA) is 56.7 Å². The average Bonchev–Trinajstić information content (AvgIpc) is 2.67. The SMILES string of the molecule is Cc1cc(-n2nnc(C(C)N)c2C)cc(C)c1Br. The first-order valence-electron chi connectivity index (χ1n) is 5.86. The van der Waals surface area contributed by atoms with E-state index in [0.717, 1.165) is 21.5 Å². The van der Waals surface area contributed by atoms with E-state index in [0.29, 0.717) is 0 Å². The maximum Gasteiger partial charge on any atom is 0.102 e. The summed E-state index contributed by atoms with van der Waals surface area (Å²) in [6.45, 7) is 8.05.